The van der Waals surface area contributed by atoms with Gasteiger partial charge in [-0.1, -0.05) is 31.5 Å². The average Bonchev–Trinajstić information content (AvgIpc) is 2.70. The number of carboxylic acids is 2. The molecule has 0 unspecified atom stereocenters. The molecule has 0 spiro atoms. The van der Waals surface area contributed by atoms with Crippen LogP contribution in [-0.4, -0.2) is 22.0 Å². The number of H-pyrrole nitrogens is 1. The maximum absolute atomic E-state index is 10.4. The van der Waals surface area contributed by atoms with Gasteiger partial charge in [-0.05, 0) is 23.9 Å². The Morgan fingerprint density at radius 1 is 1.30 bits per heavy atom. The van der Waals surface area contributed by atoms with Crippen LogP contribution in [-0.2, 0) is 16.0 Å². The molecule has 1 aromatic carbocycles. The van der Waals surface area contributed by atoms with Crippen LogP contribution < -0.4 is 56.5 Å². The molecule has 0 amide bonds. The fraction of sp³-hybridized carbons (Fsp3) is 0.286. The Bertz CT molecular complexity index is 532. The summed E-state index contributed by atoms with van der Waals surface area (Å²) in [5.74, 6) is -1.77. The maximum Gasteiger partial charge on any atom is 1.00 e. The summed E-state index contributed by atoms with van der Waals surface area (Å²) in [4.78, 5) is 23.0. The van der Waals surface area contributed by atoms with Crippen molar-refractivity contribution in [2.75, 3.05) is 0 Å². The van der Waals surface area contributed by atoms with Crippen LogP contribution in [0.2, 0.25) is 0 Å². The zero-order chi connectivity index (χ0) is 14.3. The molecule has 102 valence electrons. The van der Waals surface area contributed by atoms with E-state index in [1.807, 2.05) is 30.3 Å². The average molecular weight is 301 g/mol. The van der Waals surface area contributed by atoms with Crippen molar-refractivity contribution < 1.29 is 71.2 Å². The van der Waals surface area contributed by atoms with Crippen LogP contribution in [0, 0.1) is 0 Å². The van der Waals surface area contributed by atoms with E-state index in [2.05, 4.69) is 4.98 Å². The molecule has 0 aliphatic rings. The van der Waals surface area contributed by atoms with Crippen molar-refractivity contribution in [3.8, 4) is 0 Å². The summed E-state index contributed by atoms with van der Waals surface area (Å²) in [7, 11) is 0. The second kappa shape index (κ2) is 10.1. The molecule has 0 radical (unpaired) electrons. The summed E-state index contributed by atoms with van der Waals surface area (Å²) >= 11 is 0. The predicted octanol–water partition coefficient (Wildman–Crippen LogP) is -1.66. The zero-order valence-electron chi connectivity index (χ0n) is 11.7. The number of rotatable bonds is 4. The van der Waals surface area contributed by atoms with Crippen molar-refractivity contribution in [1.29, 1.82) is 0 Å². The number of hydrogen-bond donors (Lipinski definition) is 2. The van der Waals surface area contributed by atoms with Crippen molar-refractivity contribution in [2.24, 2.45) is 0 Å². The van der Waals surface area contributed by atoms with Crippen LogP contribution in [0.25, 0.3) is 10.9 Å². The topological polar surface area (TPSA) is 93.2 Å². The molecule has 0 aliphatic carbocycles. The first kappa shape index (κ1) is 19.3. The third-order valence-electron chi connectivity index (χ3n) is 2.38. The number of aromatic amines is 1. The Balaban J connectivity index is 0.000000448. The van der Waals surface area contributed by atoms with Crippen LogP contribution in [0.1, 0.15) is 25.5 Å². The SMILES string of the molecule is CCCC(=O)[O-].O=C(O)Cc1cc2ccccc2[nH]1.[K+]. The molecule has 6 heteroatoms. The summed E-state index contributed by atoms with van der Waals surface area (Å²) in [6, 6.07) is 9.60. The van der Waals surface area contributed by atoms with Crippen LogP contribution in [0.15, 0.2) is 30.3 Å². The molecule has 5 nitrogen and oxygen atoms in total. The van der Waals surface area contributed by atoms with Gasteiger partial charge in [0.25, 0.3) is 0 Å². The number of hydrogen-bond acceptors (Lipinski definition) is 3. The molecule has 0 aliphatic heterocycles. The van der Waals surface area contributed by atoms with Crippen LogP contribution in [0.4, 0.5) is 0 Å². The fourth-order valence-corrected chi connectivity index (χ4v) is 1.60. The van der Waals surface area contributed by atoms with E-state index >= 15 is 0 Å². The molecule has 2 rings (SSSR count). The van der Waals surface area contributed by atoms with E-state index < -0.39 is 11.9 Å². The van der Waals surface area contributed by atoms with Gasteiger partial charge in [0.15, 0.2) is 0 Å². The van der Waals surface area contributed by atoms with E-state index in [1.54, 1.807) is 6.92 Å². The molecule has 20 heavy (non-hydrogen) atoms. The summed E-state index contributed by atoms with van der Waals surface area (Å²) in [6.07, 6.45) is 0.900. The van der Waals surface area contributed by atoms with Gasteiger partial charge in [-0.2, -0.15) is 0 Å². The van der Waals surface area contributed by atoms with E-state index in [0.29, 0.717) is 6.42 Å². The minimum Gasteiger partial charge on any atom is -0.550 e. The molecule has 1 aromatic heterocycles. The normalized spacial score (nSPS) is 9.25. The third-order valence-corrected chi connectivity index (χ3v) is 2.38. The number of para-hydroxylation sites is 1. The van der Waals surface area contributed by atoms with Crippen molar-refractivity contribution >= 4 is 22.8 Å². The van der Waals surface area contributed by atoms with Crippen molar-refractivity contribution in [2.45, 2.75) is 26.2 Å². The van der Waals surface area contributed by atoms with Crippen LogP contribution >= 0.6 is 0 Å². The summed E-state index contributed by atoms with van der Waals surface area (Å²) < 4.78 is 0. The van der Waals surface area contributed by atoms with E-state index in [1.165, 1.54) is 0 Å². The minimum absolute atomic E-state index is 0. The van der Waals surface area contributed by atoms with Gasteiger partial charge in [0.05, 0.1) is 6.42 Å². The van der Waals surface area contributed by atoms with Gasteiger partial charge in [-0.25, -0.2) is 0 Å². The summed E-state index contributed by atoms with van der Waals surface area (Å²) in [6.45, 7) is 1.80. The monoisotopic (exact) mass is 301 g/mol. The van der Waals surface area contributed by atoms with Crippen LogP contribution in [0.5, 0.6) is 0 Å². The molecule has 0 bridgehead atoms. The number of carbonyl (C=O) groups excluding carboxylic acids is 1. The van der Waals surface area contributed by atoms with Gasteiger partial charge < -0.3 is 20.0 Å². The number of aromatic nitrogens is 1. The summed E-state index contributed by atoms with van der Waals surface area (Å²) in [5.41, 5.74) is 1.73. The Labute approximate surface area is 159 Å². The Morgan fingerprint density at radius 2 is 1.95 bits per heavy atom. The second-order valence-electron chi connectivity index (χ2n) is 4.07. The molecular weight excluding hydrogens is 285 g/mol. The van der Waals surface area contributed by atoms with E-state index in [4.69, 9.17) is 5.11 Å². The molecule has 1 heterocycles. The summed E-state index contributed by atoms with van der Waals surface area (Å²) in [5, 5.41) is 19.1. The Morgan fingerprint density at radius 3 is 2.40 bits per heavy atom. The minimum atomic E-state index is -0.961. The molecule has 0 saturated carbocycles. The van der Waals surface area contributed by atoms with Gasteiger partial charge in [0, 0.05) is 17.2 Å². The third kappa shape index (κ3) is 7.21. The Hall–Kier alpha value is -0.664. The number of carbonyl (C=O) groups is 2. The van der Waals surface area contributed by atoms with E-state index in [0.717, 1.165) is 16.6 Å². The Kier molecular flexibility index (Phi) is 9.78. The van der Waals surface area contributed by atoms with Gasteiger partial charge in [0.2, 0.25) is 0 Å². The van der Waals surface area contributed by atoms with Crippen LogP contribution in [0.3, 0.4) is 0 Å². The maximum atomic E-state index is 10.4. The number of carboxylic acid groups (broad SMARTS) is 2. The molecule has 2 aromatic rings. The van der Waals surface area contributed by atoms with E-state index in [9.17, 15) is 14.7 Å². The second-order valence-corrected chi connectivity index (χ2v) is 4.07. The number of benzene rings is 1. The molecule has 2 N–H and O–H groups in total. The molecule has 0 saturated heterocycles. The molecular formula is C14H16KNO4. The van der Waals surface area contributed by atoms with E-state index in [-0.39, 0.29) is 64.2 Å². The quantitative estimate of drug-likeness (QED) is 0.661. The number of nitrogens with one attached hydrogen (secondary N) is 1. The van der Waals surface area contributed by atoms with Crippen molar-refractivity contribution in [3.05, 3.63) is 36.0 Å². The van der Waals surface area contributed by atoms with Crippen molar-refractivity contribution in [3.63, 3.8) is 0 Å². The predicted molar refractivity (Wildman–Crippen MR) is 69.6 cm³/mol. The largest absolute Gasteiger partial charge is 1.00 e. The zero-order valence-corrected chi connectivity index (χ0v) is 14.8. The number of fused-ring (bicyclic) bond motifs is 1. The first-order valence-corrected chi connectivity index (χ1v) is 6.01. The smallest absolute Gasteiger partial charge is 0.550 e. The molecule has 0 fully saturated rings. The van der Waals surface area contributed by atoms with Gasteiger partial charge in [0.1, 0.15) is 0 Å². The van der Waals surface area contributed by atoms with Crippen molar-refractivity contribution in [1.82, 2.24) is 4.98 Å². The van der Waals surface area contributed by atoms with Gasteiger partial charge in [-0.15, -0.1) is 0 Å². The molecule has 0 atom stereocenters. The first-order valence-electron chi connectivity index (χ1n) is 6.01. The standard InChI is InChI=1S/C10H9NO2.C4H8O2.K/c12-10(13)6-8-5-7-3-1-2-4-9(7)11-8;1-2-3-4(5)6;/h1-5,11H,6H2,(H,12,13);2-3H2,1H3,(H,5,6);/q;;+1/p-1. The number of aliphatic carboxylic acids is 2. The fourth-order valence-electron chi connectivity index (χ4n) is 1.60. The van der Waals surface area contributed by atoms with Gasteiger partial charge >= 0.3 is 57.4 Å². The first-order chi connectivity index (χ1) is 9.02. The van der Waals surface area contributed by atoms with Gasteiger partial charge in [-0.3, -0.25) is 4.79 Å².